The van der Waals surface area contributed by atoms with Crippen LogP contribution in [0.2, 0.25) is 0 Å². The van der Waals surface area contributed by atoms with Crippen molar-refractivity contribution in [3.05, 3.63) is 76.9 Å². The summed E-state index contributed by atoms with van der Waals surface area (Å²) in [5.41, 5.74) is 4.80. The molecule has 0 saturated heterocycles. The van der Waals surface area contributed by atoms with E-state index in [9.17, 15) is 0 Å². The summed E-state index contributed by atoms with van der Waals surface area (Å²) in [6.45, 7) is 4.36. The van der Waals surface area contributed by atoms with Gasteiger partial charge in [0, 0.05) is 19.1 Å². The largest absolute Gasteiger partial charge is 0.493 e. The molecule has 0 fully saturated rings. The van der Waals surface area contributed by atoms with Gasteiger partial charge in [0.25, 0.3) is 0 Å². The summed E-state index contributed by atoms with van der Waals surface area (Å²) in [4.78, 5) is 2.45. The SMILES string of the molecule is COc1cc2c(cc1OCc1ccccc1)CC(C)N(Cc1cc(OC)c(OC)c(OC)c1)C2. The van der Waals surface area contributed by atoms with Crippen molar-refractivity contribution in [1.82, 2.24) is 4.90 Å². The Bertz CT molecular complexity index is 1090. The number of hydrogen-bond donors (Lipinski definition) is 0. The van der Waals surface area contributed by atoms with Crippen LogP contribution in [0, 0.1) is 0 Å². The Hall–Kier alpha value is -3.38. The molecule has 1 atom stereocenters. The molecule has 0 spiro atoms. The van der Waals surface area contributed by atoms with E-state index >= 15 is 0 Å². The van der Waals surface area contributed by atoms with Gasteiger partial charge in [0.2, 0.25) is 5.75 Å². The van der Waals surface area contributed by atoms with Gasteiger partial charge in [-0.05, 0) is 59.9 Å². The lowest BCUT2D eigenvalue weighted by Gasteiger charge is -2.35. The van der Waals surface area contributed by atoms with Crippen LogP contribution >= 0.6 is 0 Å². The first-order chi connectivity index (χ1) is 16.6. The van der Waals surface area contributed by atoms with E-state index in [-0.39, 0.29) is 0 Å². The first kappa shape index (κ1) is 23.8. The third kappa shape index (κ3) is 5.07. The molecule has 0 bridgehead atoms. The number of fused-ring (bicyclic) bond motifs is 1. The molecule has 1 heterocycles. The first-order valence-corrected chi connectivity index (χ1v) is 11.5. The fraction of sp³-hybridized carbons (Fsp3) is 0.357. The molecule has 6 heteroatoms. The lowest BCUT2D eigenvalue weighted by atomic mass is 9.93. The van der Waals surface area contributed by atoms with Crippen molar-refractivity contribution in [2.45, 2.75) is 39.1 Å². The van der Waals surface area contributed by atoms with Crippen LogP contribution in [0.3, 0.4) is 0 Å². The lowest BCUT2D eigenvalue weighted by molar-refractivity contribution is 0.174. The third-order valence-electron chi connectivity index (χ3n) is 6.35. The highest BCUT2D eigenvalue weighted by Crippen LogP contribution is 2.40. The van der Waals surface area contributed by atoms with E-state index in [4.69, 9.17) is 23.7 Å². The van der Waals surface area contributed by atoms with Crippen molar-refractivity contribution in [3.8, 4) is 28.7 Å². The van der Waals surface area contributed by atoms with E-state index < -0.39 is 0 Å². The number of ether oxygens (including phenoxy) is 5. The Balaban J connectivity index is 1.54. The maximum Gasteiger partial charge on any atom is 0.203 e. The molecule has 180 valence electrons. The van der Waals surface area contributed by atoms with Gasteiger partial charge < -0.3 is 23.7 Å². The lowest BCUT2D eigenvalue weighted by Crippen LogP contribution is -2.37. The van der Waals surface area contributed by atoms with Crippen molar-refractivity contribution in [3.63, 3.8) is 0 Å². The Morgan fingerprint density at radius 1 is 0.735 bits per heavy atom. The van der Waals surface area contributed by atoms with Gasteiger partial charge in [0.1, 0.15) is 6.61 Å². The highest BCUT2D eigenvalue weighted by molar-refractivity contribution is 5.54. The minimum absolute atomic E-state index is 0.363. The van der Waals surface area contributed by atoms with E-state index in [1.165, 1.54) is 11.1 Å². The van der Waals surface area contributed by atoms with Crippen LogP contribution in [0.4, 0.5) is 0 Å². The van der Waals surface area contributed by atoms with Crippen molar-refractivity contribution < 1.29 is 23.7 Å². The predicted octanol–water partition coefficient (Wildman–Crippen LogP) is 5.25. The van der Waals surface area contributed by atoms with Gasteiger partial charge >= 0.3 is 0 Å². The fourth-order valence-electron chi connectivity index (χ4n) is 4.48. The maximum absolute atomic E-state index is 6.13. The highest BCUT2D eigenvalue weighted by atomic mass is 16.5. The molecule has 6 nitrogen and oxygen atoms in total. The summed E-state index contributed by atoms with van der Waals surface area (Å²) >= 11 is 0. The number of hydrogen-bond acceptors (Lipinski definition) is 6. The third-order valence-corrected chi connectivity index (χ3v) is 6.35. The molecule has 1 aliphatic rings. The topological polar surface area (TPSA) is 49.4 Å². The van der Waals surface area contributed by atoms with E-state index in [1.807, 2.05) is 30.3 Å². The van der Waals surface area contributed by atoms with Gasteiger partial charge in [-0.1, -0.05) is 30.3 Å². The van der Waals surface area contributed by atoms with E-state index in [1.54, 1.807) is 28.4 Å². The monoisotopic (exact) mass is 463 g/mol. The number of methoxy groups -OCH3 is 4. The molecular formula is C28H33NO5. The second-order valence-electron chi connectivity index (χ2n) is 8.54. The zero-order valence-corrected chi connectivity index (χ0v) is 20.6. The van der Waals surface area contributed by atoms with Gasteiger partial charge in [-0.15, -0.1) is 0 Å². The summed E-state index contributed by atoms with van der Waals surface area (Å²) in [5, 5.41) is 0. The van der Waals surface area contributed by atoms with Crippen molar-refractivity contribution in [2.75, 3.05) is 28.4 Å². The molecule has 0 aliphatic carbocycles. The van der Waals surface area contributed by atoms with Crippen molar-refractivity contribution >= 4 is 0 Å². The van der Waals surface area contributed by atoms with Crippen molar-refractivity contribution in [1.29, 1.82) is 0 Å². The molecule has 0 N–H and O–H groups in total. The van der Waals surface area contributed by atoms with Crippen LogP contribution in [0.5, 0.6) is 28.7 Å². The molecule has 3 aromatic carbocycles. The summed E-state index contributed by atoms with van der Waals surface area (Å²) in [5.74, 6) is 3.50. The number of benzene rings is 3. The van der Waals surface area contributed by atoms with E-state index in [2.05, 4.69) is 36.1 Å². The maximum atomic E-state index is 6.13. The first-order valence-electron chi connectivity index (χ1n) is 11.5. The van der Waals surface area contributed by atoms with E-state index in [0.717, 1.165) is 42.1 Å². The molecule has 0 radical (unpaired) electrons. The fourth-order valence-corrected chi connectivity index (χ4v) is 4.48. The van der Waals surface area contributed by atoms with Gasteiger partial charge in [-0.25, -0.2) is 0 Å². The van der Waals surface area contributed by atoms with Gasteiger partial charge in [0.15, 0.2) is 23.0 Å². The second-order valence-corrected chi connectivity index (χ2v) is 8.54. The molecule has 0 saturated carbocycles. The summed E-state index contributed by atoms with van der Waals surface area (Å²) in [6, 6.07) is 18.8. The minimum Gasteiger partial charge on any atom is -0.493 e. The molecule has 4 rings (SSSR count). The quantitative estimate of drug-likeness (QED) is 0.432. The summed E-state index contributed by atoms with van der Waals surface area (Å²) in [6.07, 6.45) is 0.936. The van der Waals surface area contributed by atoms with Gasteiger partial charge in [-0.2, -0.15) is 0 Å². The molecule has 1 unspecified atom stereocenters. The predicted molar refractivity (Wildman–Crippen MR) is 132 cm³/mol. The van der Waals surface area contributed by atoms with Crippen LogP contribution in [0.25, 0.3) is 0 Å². The summed E-state index contributed by atoms with van der Waals surface area (Å²) < 4.78 is 28.3. The normalized spacial score (nSPS) is 15.4. The molecule has 1 aliphatic heterocycles. The number of nitrogens with zero attached hydrogens (tertiary/aromatic N) is 1. The van der Waals surface area contributed by atoms with Crippen LogP contribution in [0.15, 0.2) is 54.6 Å². The second kappa shape index (κ2) is 10.7. The van der Waals surface area contributed by atoms with Crippen LogP contribution < -0.4 is 23.7 Å². The average molecular weight is 464 g/mol. The molecule has 34 heavy (non-hydrogen) atoms. The molecule has 0 aromatic heterocycles. The average Bonchev–Trinajstić information content (AvgIpc) is 2.87. The Morgan fingerprint density at radius 2 is 1.38 bits per heavy atom. The molecule has 0 amide bonds. The Labute approximate surface area is 202 Å². The van der Waals surface area contributed by atoms with Crippen LogP contribution in [-0.4, -0.2) is 39.4 Å². The van der Waals surface area contributed by atoms with Crippen LogP contribution in [-0.2, 0) is 26.1 Å². The Morgan fingerprint density at radius 3 is 2.00 bits per heavy atom. The minimum atomic E-state index is 0.363. The Kier molecular flexibility index (Phi) is 7.48. The zero-order chi connectivity index (χ0) is 24.1. The van der Waals surface area contributed by atoms with Gasteiger partial charge in [0.05, 0.1) is 28.4 Å². The number of rotatable bonds is 9. The highest BCUT2D eigenvalue weighted by Gasteiger charge is 2.26. The van der Waals surface area contributed by atoms with Gasteiger partial charge in [-0.3, -0.25) is 4.90 Å². The van der Waals surface area contributed by atoms with Crippen molar-refractivity contribution in [2.24, 2.45) is 0 Å². The standard InChI is InChI=1S/C28H33NO5/c1-19-11-22-14-25(34-18-20-9-7-6-8-10-20)24(30-2)15-23(22)17-29(19)16-21-12-26(31-3)28(33-5)27(13-21)32-4/h6-10,12-15,19H,11,16-18H2,1-5H3. The molecule has 3 aromatic rings. The summed E-state index contributed by atoms with van der Waals surface area (Å²) in [7, 11) is 6.60. The zero-order valence-electron chi connectivity index (χ0n) is 20.6. The van der Waals surface area contributed by atoms with E-state index in [0.29, 0.717) is 29.9 Å². The smallest absolute Gasteiger partial charge is 0.203 e. The van der Waals surface area contributed by atoms with Crippen LogP contribution in [0.1, 0.15) is 29.2 Å². The molecular weight excluding hydrogens is 430 g/mol.